The Morgan fingerprint density at radius 3 is 2.54 bits per heavy atom. The Morgan fingerprint density at radius 2 is 1.82 bits per heavy atom. The Hall–Kier alpha value is -3.02. The highest BCUT2D eigenvalue weighted by atomic mass is 16.5. The van der Waals surface area contributed by atoms with Crippen LogP contribution in [0, 0.1) is 13.8 Å². The summed E-state index contributed by atoms with van der Waals surface area (Å²) in [6.45, 7) is 8.67. The number of amides is 1. The van der Waals surface area contributed by atoms with Gasteiger partial charge in [-0.3, -0.25) is 4.79 Å². The van der Waals surface area contributed by atoms with Crippen molar-refractivity contribution < 1.29 is 9.53 Å². The predicted molar refractivity (Wildman–Crippen MR) is 114 cm³/mol. The Morgan fingerprint density at radius 1 is 1.04 bits per heavy atom. The lowest BCUT2D eigenvalue weighted by molar-refractivity contribution is 0.0954. The second kappa shape index (κ2) is 11.0. The molecule has 28 heavy (non-hydrogen) atoms. The Labute approximate surface area is 167 Å². The molecule has 0 heterocycles. The standard InChI is InChI=1S/C22H30N4O2/c1-5-23-22(26-15-19-10-9-16(2)13-17(19)3)25-12-11-24-21(27)18-7-6-8-20(14-18)28-4/h6-10,13-14H,5,11-12,15H2,1-4H3,(H,24,27)(H2,23,25,26). The van der Waals surface area contributed by atoms with E-state index in [1.54, 1.807) is 25.3 Å². The van der Waals surface area contributed by atoms with E-state index in [0.29, 0.717) is 30.9 Å². The minimum absolute atomic E-state index is 0.127. The minimum atomic E-state index is -0.127. The largest absolute Gasteiger partial charge is 0.497 e. The summed E-state index contributed by atoms with van der Waals surface area (Å²) in [5.41, 5.74) is 4.27. The number of aryl methyl sites for hydroxylation is 2. The van der Waals surface area contributed by atoms with E-state index >= 15 is 0 Å². The van der Waals surface area contributed by atoms with E-state index in [2.05, 4.69) is 53.0 Å². The van der Waals surface area contributed by atoms with Gasteiger partial charge in [0.1, 0.15) is 5.75 Å². The number of rotatable bonds is 8. The van der Waals surface area contributed by atoms with Crippen molar-refractivity contribution in [3.05, 3.63) is 64.7 Å². The SMILES string of the molecule is CCNC(=NCc1ccc(C)cc1C)NCCNC(=O)c1cccc(OC)c1. The fourth-order valence-electron chi connectivity index (χ4n) is 2.75. The van der Waals surface area contributed by atoms with E-state index < -0.39 is 0 Å². The molecule has 6 nitrogen and oxygen atoms in total. The van der Waals surface area contributed by atoms with Crippen molar-refractivity contribution in [3.8, 4) is 5.75 Å². The van der Waals surface area contributed by atoms with Gasteiger partial charge in [-0.2, -0.15) is 0 Å². The maximum Gasteiger partial charge on any atom is 0.251 e. The molecule has 1 amide bonds. The van der Waals surface area contributed by atoms with Crippen molar-refractivity contribution in [2.45, 2.75) is 27.3 Å². The molecular weight excluding hydrogens is 352 g/mol. The van der Waals surface area contributed by atoms with Crippen molar-refractivity contribution in [2.24, 2.45) is 4.99 Å². The lowest BCUT2D eigenvalue weighted by atomic mass is 10.1. The van der Waals surface area contributed by atoms with Gasteiger partial charge < -0.3 is 20.7 Å². The molecule has 2 aromatic rings. The van der Waals surface area contributed by atoms with Gasteiger partial charge >= 0.3 is 0 Å². The third-order valence-corrected chi connectivity index (χ3v) is 4.28. The number of hydrogen-bond donors (Lipinski definition) is 3. The van der Waals surface area contributed by atoms with Gasteiger partial charge in [-0.1, -0.05) is 29.8 Å². The van der Waals surface area contributed by atoms with E-state index in [0.717, 1.165) is 12.5 Å². The first-order valence-electron chi connectivity index (χ1n) is 9.54. The molecule has 0 saturated carbocycles. The van der Waals surface area contributed by atoms with Gasteiger partial charge in [0, 0.05) is 25.2 Å². The molecule has 3 N–H and O–H groups in total. The molecule has 2 aromatic carbocycles. The first kappa shape index (κ1) is 21.3. The van der Waals surface area contributed by atoms with Crippen LogP contribution in [-0.2, 0) is 6.54 Å². The summed E-state index contributed by atoms with van der Waals surface area (Å²) in [7, 11) is 1.58. The Balaban J connectivity index is 1.84. The fraction of sp³-hybridized carbons (Fsp3) is 0.364. The Bertz CT molecular complexity index is 818. The maximum absolute atomic E-state index is 12.2. The van der Waals surface area contributed by atoms with Gasteiger partial charge in [0.15, 0.2) is 5.96 Å². The van der Waals surface area contributed by atoms with Gasteiger partial charge in [-0.25, -0.2) is 4.99 Å². The second-order valence-corrected chi connectivity index (χ2v) is 6.54. The molecule has 0 bridgehead atoms. The molecule has 0 saturated heterocycles. The highest BCUT2D eigenvalue weighted by molar-refractivity contribution is 5.94. The van der Waals surface area contributed by atoms with Crippen LogP contribution in [0.3, 0.4) is 0 Å². The maximum atomic E-state index is 12.2. The molecule has 0 radical (unpaired) electrons. The second-order valence-electron chi connectivity index (χ2n) is 6.54. The fourth-order valence-corrected chi connectivity index (χ4v) is 2.75. The molecule has 0 unspecified atom stereocenters. The first-order chi connectivity index (χ1) is 13.5. The van der Waals surface area contributed by atoms with E-state index in [1.165, 1.54) is 16.7 Å². The number of methoxy groups -OCH3 is 1. The van der Waals surface area contributed by atoms with Crippen LogP contribution in [-0.4, -0.2) is 38.6 Å². The van der Waals surface area contributed by atoms with Crippen molar-refractivity contribution in [1.29, 1.82) is 0 Å². The number of ether oxygens (including phenoxy) is 1. The lowest BCUT2D eigenvalue weighted by Crippen LogP contribution is -2.41. The van der Waals surface area contributed by atoms with E-state index in [9.17, 15) is 4.79 Å². The number of hydrogen-bond acceptors (Lipinski definition) is 3. The first-order valence-corrected chi connectivity index (χ1v) is 9.54. The number of guanidine groups is 1. The molecular formula is C22H30N4O2. The average Bonchev–Trinajstić information content (AvgIpc) is 2.70. The number of nitrogens with one attached hydrogen (secondary N) is 3. The summed E-state index contributed by atoms with van der Waals surface area (Å²) < 4.78 is 5.15. The minimum Gasteiger partial charge on any atom is -0.497 e. The summed E-state index contributed by atoms with van der Waals surface area (Å²) in [6, 6.07) is 13.5. The third kappa shape index (κ3) is 6.61. The predicted octanol–water partition coefficient (Wildman–Crippen LogP) is 2.80. The summed E-state index contributed by atoms with van der Waals surface area (Å²) in [5, 5.41) is 9.38. The van der Waals surface area contributed by atoms with Crippen molar-refractivity contribution >= 4 is 11.9 Å². The number of nitrogens with zero attached hydrogens (tertiary/aromatic N) is 1. The zero-order valence-corrected chi connectivity index (χ0v) is 17.1. The highest BCUT2D eigenvalue weighted by Gasteiger charge is 2.06. The van der Waals surface area contributed by atoms with Gasteiger partial charge in [0.05, 0.1) is 13.7 Å². The van der Waals surface area contributed by atoms with Gasteiger partial charge in [-0.05, 0) is 50.1 Å². The molecule has 0 aliphatic carbocycles. The van der Waals surface area contributed by atoms with E-state index in [-0.39, 0.29) is 5.91 Å². The van der Waals surface area contributed by atoms with Crippen LogP contribution in [0.25, 0.3) is 0 Å². The van der Waals surface area contributed by atoms with Crippen LogP contribution >= 0.6 is 0 Å². The van der Waals surface area contributed by atoms with Crippen molar-refractivity contribution in [3.63, 3.8) is 0 Å². The molecule has 2 rings (SSSR count). The monoisotopic (exact) mass is 382 g/mol. The Kier molecular flexibility index (Phi) is 8.34. The zero-order chi connectivity index (χ0) is 20.4. The summed E-state index contributed by atoms with van der Waals surface area (Å²) in [5.74, 6) is 1.27. The van der Waals surface area contributed by atoms with Crippen molar-refractivity contribution in [1.82, 2.24) is 16.0 Å². The molecule has 0 fully saturated rings. The van der Waals surface area contributed by atoms with Crippen LogP contribution in [0.2, 0.25) is 0 Å². The topological polar surface area (TPSA) is 74.8 Å². The van der Waals surface area contributed by atoms with Gasteiger partial charge in [0.25, 0.3) is 5.91 Å². The lowest BCUT2D eigenvalue weighted by Gasteiger charge is -2.13. The average molecular weight is 383 g/mol. The molecule has 150 valence electrons. The number of benzene rings is 2. The molecule has 6 heteroatoms. The molecule has 0 aliphatic heterocycles. The number of aliphatic imine (C=N–C) groups is 1. The molecule has 0 aromatic heterocycles. The van der Waals surface area contributed by atoms with Gasteiger partial charge in [-0.15, -0.1) is 0 Å². The smallest absolute Gasteiger partial charge is 0.251 e. The highest BCUT2D eigenvalue weighted by Crippen LogP contribution is 2.12. The number of carbonyl (C=O) groups is 1. The zero-order valence-electron chi connectivity index (χ0n) is 17.1. The molecule has 0 spiro atoms. The molecule has 0 aliphatic rings. The normalized spacial score (nSPS) is 11.1. The van der Waals surface area contributed by atoms with Crippen LogP contribution in [0.15, 0.2) is 47.5 Å². The van der Waals surface area contributed by atoms with Gasteiger partial charge in [0.2, 0.25) is 0 Å². The molecule has 0 atom stereocenters. The summed E-state index contributed by atoms with van der Waals surface area (Å²) in [6.07, 6.45) is 0. The van der Waals surface area contributed by atoms with Crippen LogP contribution < -0.4 is 20.7 Å². The van der Waals surface area contributed by atoms with Crippen LogP contribution in [0.4, 0.5) is 0 Å². The number of carbonyl (C=O) groups excluding carboxylic acids is 1. The van der Waals surface area contributed by atoms with Crippen LogP contribution in [0.1, 0.15) is 34.0 Å². The quantitative estimate of drug-likeness (QED) is 0.373. The summed E-state index contributed by atoms with van der Waals surface area (Å²) >= 11 is 0. The van der Waals surface area contributed by atoms with E-state index in [1.807, 2.05) is 13.0 Å². The van der Waals surface area contributed by atoms with Crippen LogP contribution in [0.5, 0.6) is 5.75 Å². The van der Waals surface area contributed by atoms with Crippen molar-refractivity contribution in [2.75, 3.05) is 26.7 Å². The third-order valence-electron chi connectivity index (χ3n) is 4.28. The summed E-state index contributed by atoms with van der Waals surface area (Å²) in [4.78, 5) is 16.9. The van der Waals surface area contributed by atoms with E-state index in [4.69, 9.17) is 4.74 Å².